The van der Waals surface area contributed by atoms with Crippen LogP contribution in [0.5, 0.6) is 0 Å². The lowest BCUT2D eigenvalue weighted by Gasteiger charge is -2.39. The summed E-state index contributed by atoms with van der Waals surface area (Å²) < 4.78 is 44.0. The van der Waals surface area contributed by atoms with E-state index in [4.69, 9.17) is 4.74 Å². The maximum absolute atomic E-state index is 12.8. The smallest absolute Gasteiger partial charge is 0.380 e. The molecule has 1 aromatic rings. The molecule has 0 N–H and O–H groups in total. The SMILES string of the molecule is CO[C@H]1CC[C@H](c2cccc(C(F)(F)F)c2)C[C@@H]1N(C)C. The van der Waals surface area contributed by atoms with Crippen molar-refractivity contribution in [1.29, 1.82) is 0 Å². The molecule has 5 heteroatoms. The van der Waals surface area contributed by atoms with Crippen LogP contribution in [0.3, 0.4) is 0 Å². The maximum Gasteiger partial charge on any atom is 0.416 e. The van der Waals surface area contributed by atoms with Gasteiger partial charge in [-0.2, -0.15) is 13.2 Å². The van der Waals surface area contributed by atoms with Crippen LogP contribution in [0.1, 0.15) is 36.3 Å². The number of hydrogen-bond donors (Lipinski definition) is 0. The minimum absolute atomic E-state index is 0.155. The lowest BCUT2D eigenvalue weighted by atomic mass is 9.79. The van der Waals surface area contributed by atoms with Gasteiger partial charge in [0, 0.05) is 13.2 Å². The zero-order valence-electron chi connectivity index (χ0n) is 12.7. The number of rotatable bonds is 3. The van der Waals surface area contributed by atoms with E-state index < -0.39 is 11.7 Å². The summed E-state index contributed by atoms with van der Waals surface area (Å²) in [6, 6.07) is 5.98. The van der Waals surface area contributed by atoms with Crippen LogP contribution in [-0.4, -0.2) is 38.3 Å². The third kappa shape index (κ3) is 3.77. The lowest BCUT2D eigenvalue weighted by Crippen LogP contribution is -2.44. The Bertz CT molecular complexity index is 473. The first-order valence-corrected chi connectivity index (χ1v) is 7.19. The van der Waals surface area contributed by atoms with Crippen molar-refractivity contribution in [1.82, 2.24) is 4.90 Å². The molecule has 1 aromatic carbocycles. The summed E-state index contributed by atoms with van der Waals surface area (Å²) in [5, 5.41) is 0. The highest BCUT2D eigenvalue weighted by Gasteiger charge is 2.34. The van der Waals surface area contributed by atoms with Gasteiger partial charge in [0.05, 0.1) is 11.7 Å². The van der Waals surface area contributed by atoms with Gasteiger partial charge < -0.3 is 9.64 Å². The summed E-state index contributed by atoms with van der Waals surface area (Å²) in [5.41, 5.74) is 0.224. The van der Waals surface area contributed by atoms with E-state index in [0.29, 0.717) is 0 Å². The normalized spacial score (nSPS) is 27.1. The Morgan fingerprint density at radius 2 is 1.90 bits per heavy atom. The van der Waals surface area contributed by atoms with Gasteiger partial charge in [-0.25, -0.2) is 0 Å². The van der Waals surface area contributed by atoms with E-state index >= 15 is 0 Å². The molecule has 0 saturated heterocycles. The number of likely N-dealkylation sites (N-methyl/N-ethyl adjacent to an activating group) is 1. The number of ether oxygens (including phenoxy) is 1. The van der Waals surface area contributed by atoms with Gasteiger partial charge in [-0.1, -0.05) is 18.2 Å². The lowest BCUT2D eigenvalue weighted by molar-refractivity contribution is -0.137. The van der Waals surface area contributed by atoms with Crippen LogP contribution in [0.15, 0.2) is 24.3 Å². The van der Waals surface area contributed by atoms with Crippen molar-refractivity contribution in [2.45, 2.75) is 43.5 Å². The number of nitrogens with zero attached hydrogens (tertiary/aromatic N) is 1. The molecule has 1 saturated carbocycles. The second-order valence-corrected chi connectivity index (χ2v) is 5.94. The Morgan fingerprint density at radius 1 is 1.19 bits per heavy atom. The second-order valence-electron chi connectivity index (χ2n) is 5.94. The van der Waals surface area contributed by atoms with Crippen LogP contribution in [0, 0.1) is 0 Å². The number of benzene rings is 1. The predicted molar refractivity (Wildman–Crippen MR) is 76.3 cm³/mol. The van der Waals surface area contributed by atoms with Crippen molar-refractivity contribution in [2.75, 3.05) is 21.2 Å². The first-order chi connectivity index (χ1) is 9.82. The monoisotopic (exact) mass is 301 g/mol. The van der Waals surface area contributed by atoms with Gasteiger partial charge in [0.15, 0.2) is 0 Å². The highest BCUT2D eigenvalue weighted by molar-refractivity contribution is 5.29. The minimum Gasteiger partial charge on any atom is -0.380 e. The van der Waals surface area contributed by atoms with E-state index in [1.165, 1.54) is 12.1 Å². The van der Waals surface area contributed by atoms with Crippen molar-refractivity contribution < 1.29 is 17.9 Å². The molecule has 0 unspecified atom stereocenters. The molecule has 1 aliphatic rings. The van der Waals surface area contributed by atoms with Gasteiger partial charge in [-0.05, 0) is 50.9 Å². The summed E-state index contributed by atoms with van der Waals surface area (Å²) in [6.07, 6.45) is -1.56. The third-order valence-electron chi connectivity index (χ3n) is 4.41. The summed E-state index contributed by atoms with van der Waals surface area (Å²) in [6.45, 7) is 0. The molecule has 1 fully saturated rings. The van der Waals surface area contributed by atoms with Gasteiger partial charge in [-0.15, -0.1) is 0 Å². The van der Waals surface area contributed by atoms with Crippen molar-refractivity contribution in [2.24, 2.45) is 0 Å². The first kappa shape index (κ1) is 16.3. The fraction of sp³-hybridized carbons (Fsp3) is 0.625. The summed E-state index contributed by atoms with van der Waals surface area (Å²) in [5.74, 6) is 0.158. The van der Waals surface area contributed by atoms with Crippen molar-refractivity contribution in [3.05, 3.63) is 35.4 Å². The van der Waals surface area contributed by atoms with E-state index in [9.17, 15) is 13.2 Å². The van der Waals surface area contributed by atoms with Gasteiger partial charge in [-0.3, -0.25) is 0 Å². The molecular formula is C16H22F3NO. The van der Waals surface area contributed by atoms with Crippen LogP contribution in [0.25, 0.3) is 0 Å². The van der Waals surface area contributed by atoms with Crippen molar-refractivity contribution >= 4 is 0 Å². The molecule has 3 atom stereocenters. The summed E-state index contributed by atoms with van der Waals surface area (Å²) >= 11 is 0. The molecule has 118 valence electrons. The van der Waals surface area contributed by atoms with Crippen LogP contribution in [-0.2, 0) is 10.9 Å². The Morgan fingerprint density at radius 3 is 2.48 bits per heavy atom. The fourth-order valence-corrected chi connectivity index (χ4v) is 3.21. The van der Waals surface area contributed by atoms with Crippen LogP contribution in [0.4, 0.5) is 13.2 Å². The Balaban J connectivity index is 2.19. The average Bonchev–Trinajstić information content (AvgIpc) is 2.45. The van der Waals surface area contributed by atoms with E-state index in [-0.39, 0.29) is 18.1 Å². The van der Waals surface area contributed by atoms with Crippen LogP contribution in [0.2, 0.25) is 0 Å². The molecule has 0 heterocycles. The quantitative estimate of drug-likeness (QED) is 0.839. The number of methoxy groups -OCH3 is 1. The number of alkyl halides is 3. The van der Waals surface area contributed by atoms with Gasteiger partial charge in [0.1, 0.15) is 0 Å². The molecule has 2 rings (SSSR count). The molecule has 0 aromatic heterocycles. The topological polar surface area (TPSA) is 12.5 Å². The Labute approximate surface area is 123 Å². The molecule has 2 nitrogen and oxygen atoms in total. The van der Waals surface area contributed by atoms with E-state index in [1.807, 2.05) is 14.1 Å². The average molecular weight is 301 g/mol. The first-order valence-electron chi connectivity index (χ1n) is 7.19. The molecular weight excluding hydrogens is 279 g/mol. The molecule has 1 aliphatic carbocycles. The predicted octanol–water partition coefficient (Wildman–Crippen LogP) is 3.92. The zero-order valence-corrected chi connectivity index (χ0v) is 12.7. The second kappa shape index (κ2) is 6.36. The highest BCUT2D eigenvalue weighted by Crippen LogP contribution is 2.38. The van der Waals surface area contributed by atoms with Crippen LogP contribution < -0.4 is 0 Å². The standard InChI is InChI=1S/C16H22F3NO/c1-20(2)14-10-12(7-8-15(14)21-3)11-5-4-6-13(9-11)16(17,18)19/h4-6,9,12,14-15H,7-8,10H2,1-3H3/t12-,14-,15-/m0/s1. The molecule has 0 spiro atoms. The Kier molecular flexibility index (Phi) is 4.94. The highest BCUT2D eigenvalue weighted by atomic mass is 19.4. The summed E-state index contributed by atoms with van der Waals surface area (Å²) in [4.78, 5) is 2.11. The molecule has 21 heavy (non-hydrogen) atoms. The van der Waals surface area contributed by atoms with Crippen molar-refractivity contribution in [3.8, 4) is 0 Å². The largest absolute Gasteiger partial charge is 0.416 e. The van der Waals surface area contributed by atoms with E-state index in [2.05, 4.69) is 4.90 Å². The maximum atomic E-state index is 12.8. The van der Waals surface area contributed by atoms with Gasteiger partial charge in [0.2, 0.25) is 0 Å². The molecule has 0 amide bonds. The Hall–Kier alpha value is -1.07. The summed E-state index contributed by atoms with van der Waals surface area (Å²) in [7, 11) is 5.68. The van der Waals surface area contributed by atoms with Crippen LogP contribution >= 0.6 is 0 Å². The molecule has 0 bridgehead atoms. The third-order valence-corrected chi connectivity index (χ3v) is 4.41. The fourth-order valence-electron chi connectivity index (χ4n) is 3.21. The van der Waals surface area contributed by atoms with Gasteiger partial charge >= 0.3 is 6.18 Å². The molecule has 0 radical (unpaired) electrons. The van der Waals surface area contributed by atoms with Crippen molar-refractivity contribution in [3.63, 3.8) is 0 Å². The van der Waals surface area contributed by atoms with E-state index in [0.717, 1.165) is 30.9 Å². The zero-order chi connectivity index (χ0) is 15.6. The van der Waals surface area contributed by atoms with E-state index in [1.54, 1.807) is 13.2 Å². The van der Waals surface area contributed by atoms with Gasteiger partial charge in [0.25, 0.3) is 0 Å². The number of hydrogen-bond acceptors (Lipinski definition) is 2. The molecule has 0 aliphatic heterocycles. The number of halogens is 3. The minimum atomic E-state index is -4.28.